The van der Waals surface area contributed by atoms with E-state index >= 15 is 0 Å². The SMILES string of the molecule is CCOC(=O)CC(C)Nc1ccc(N2CCOCC2)cc1. The molecule has 21 heavy (non-hydrogen) atoms. The number of esters is 1. The molecule has 116 valence electrons. The Balaban J connectivity index is 1.85. The fraction of sp³-hybridized carbons (Fsp3) is 0.562. The van der Waals surface area contributed by atoms with Crippen LogP contribution in [0, 0.1) is 0 Å². The number of carbonyl (C=O) groups is 1. The summed E-state index contributed by atoms with van der Waals surface area (Å²) in [7, 11) is 0. The summed E-state index contributed by atoms with van der Waals surface area (Å²) >= 11 is 0. The first-order valence-corrected chi connectivity index (χ1v) is 7.54. The highest BCUT2D eigenvalue weighted by atomic mass is 16.5. The number of hydrogen-bond donors (Lipinski definition) is 1. The van der Waals surface area contributed by atoms with Crippen molar-refractivity contribution in [3.63, 3.8) is 0 Å². The van der Waals surface area contributed by atoms with Crippen LogP contribution in [-0.4, -0.2) is 44.9 Å². The van der Waals surface area contributed by atoms with Crippen molar-refractivity contribution in [3.8, 4) is 0 Å². The molecule has 2 rings (SSSR count). The Kier molecular flexibility index (Phi) is 5.87. The van der Waals surface area contributed by atoms with Gasteiger partial charge in [-0.05, 0) is 38.1 Å². The molecule has 1 aliphatic heterocycles. The maximum absolute atomic E-state index is 11.4. The third-order valence-electron chi connectivity index (χ3n) is 3.43. The van der Waals surface area contributed by atoms with Crippen molar-refractivity contribution in [3.05, 3.63) is 24.3 Å². The first-order valence-electron chi connectivity index (χ1n) is 7.54. The molecule has 1 fully saturated rings. The maximum atomic E-state index is 11.4. The van der Waals surface area contributed by atoms with Gasteiger partial charge in [0.2, 0.25) is 0 Å². The number of hydrogen-bond acceptors (Lipinski definition) is 5. The predicted molar refractivity (Wildman–Crippen MR) is 83.8 cm³/mol. The van der Waals surface area contributed by atoms with Gasteiger partial charge in [-0.15, -0.1) is 0 Å². The van der Waals surface area contributed by atoms with Gasteiger partial charge in [-0.3, -0.25) is 4.79 Å². The second-order valence-corrected chi connectivity index (χ2v) is 5.20. The molecule has 1 unspecified atom stereocenters. The lowest BCUT2D eigenvalue weighted by Crippen LogP contribution is -2.36. The van der Waals surface area contributed by atoms with Crippen LogP contribution in [0.25, 0.3) is 0 Å². The topological polar surface area (TPSA) is 50.8 Å². The zero-order valence-corrected chi connectivity index (χ0v) is 12.8. The Labute approximate surface area is 126 Å². The summed E-state index contributed by atoms with van der Waals surface area (Å²) in [5, 5.41) is 3.32. The van der Waals surface area contributed by atoms with E-state index in [9.17, 15) is 4.79 Å². The van der Waals surface area contributed by atoms with Crippen molar-refractivity contribution in [1.29, 1.82) is 0 Å². The van der Waals surface area contributed by atoms with Gasteiger partial charge in [0, 0.05) is 30.5 Å². The summed E-state index contributed by atoms with van der Waals surface area (Å²) in [4.78, 5) is 13.7. The molecular weight excluding hydrogens is 268 g/mol. The third kappa shape index (κ3) is 4.93. The average Bonchev–Trinajstić information content (AvgIpc) is 2.49. The molecule has 0 spiro atoms. The second-order valence-electron chi connectivity index (χ2n) is 5.20. The fourth-order valence-electron chi connectivity index (χ4n) is 2.40. The third-order valence-corrected chi connectivity index (χ3v) is 3.43. The Bertz CT molecular complexity index is 441. The van der Waals surface area contributed by atoms with Gasteiger partial charge in [-0.2, -0.15) is 0 Å². The minimum atomic E-state index is -0.164. The van der Waals surface area contributed by atoms with Gasteiger partial charge in [-0.1, -0.05) is 0 Å². The zero-order valence-electron chi connectivity index (χ0n) is 12.8. The maximum Gasteiger partial charge on any atom is 0.307 e. The number of nitrogens with zero attached hydrogens (tertiary/aromatic N) is 1. The molecule has 1 heterocycles. The first-order chi connectivity index (χ1) is 10.2. The first kappa shape index (κ1) is 15.6. The van der Waals surface area contributed by atoms with E-state index in [2.05, 4.69) is 22.3 Å². The van der Waals surface area contributed by atoms with Crippen LogP contribution >= 0.6 is 0 Å². The van der Waals surface area contributed by atoms with Crippen molar-refractivity contribution in [2.75, 3.05) is 43.1 Å². The standard InChI is InChI=1S/C16H24N2O3/c1-3-21-16(19)12-13(2)17-14-4-6-15(7-5-14)18-8-10-20-11-9-18/h4-7,13,17H,3,8-12H2,1-2H3. The summed E-state index contributed by atoms with van der Waals surface area (Å²) in [6, 6.07) is 8.35. The van der Waals surface area contributed by atoms with Crippen molar-refractivity contribution in [1.82, 2.24) is 0 Å². The smallest absolute Gasteiger partial charge is 0.307 e. The molecule has 1 aromatic carbocycles. The van der Waals surface area contributed by atoms with E-state index in [1.807, 2.05) is 26.0 Å². The zero-order chi connectivity index (χ0) is 15.1. The van der Waals surface area contributed by atoms with E-state index in [0.29, 0.717) is 13.0 Å². The van der Waals surface area contributed by atoms with E-state index in [1.165, 1.54) is 5.69 Å². The number of morpholine rings is 1. The minimum absolute atomic E-state index is 0.0540. The molecule has 0 amide bonds. The number of carbonyl (C=O) groups excluding carboxylic acids is 1. The summed E-state index contributed by atoms with van der Waals surface area (Å²) in [6.07, 6.45) is 0.374. The highest BCUT2D eigenvalue weighted by Gasteiger charge is 2.12. The van der Waals surface area contributed by atoms with Gasteiger partial charge in [0.1, 0.15) is 0 Å². The molecule has 1 saturated heterocycles. The van der Waals surface area contributed by atoms with Crippen LogP contribution in [0.3, 0.4) is 0 Å². The fourth-order valence-corrected chi connectivity index (χ4v) is 2.40. The Morgan fingerprint density at radius 2 is 2.00 bits per heavy atom. The molecule has 1 atom stereocenters. The van der Waals surface area contributed by atoms with Crippen LogP contribution in [0.5, 0.6) is 0 Å². The Morgan fingerprint density at radius 3 is 2.62 bits per heavy atom. The van der Waals surface area contributed by atoms with Gasteiger partial charge < -0.3 is 19.7 Å². The molecule has 5 nitrogen and oxygen atoms in total. The van der Waals surface area contributed by atoms with Crippen LogP contribution in [-0.2, 0) is 14.3 Å². The van der Waals surface area contributed by atoms with Crippen LogP contribution in [0.15, 0.2) is 24.3 Å². The van der Waals surface area contributed by atoms with Crippen molar-refractivity contribution >= 4 is 17.3 Å². The number of anilines is 2. The van der Waals surface area contributed by atoms with E-state index in [0.717, 1.165) is 32.0 Å². The number of nitrogens with one attached hydrogen (secondary N) is 1. The predicted octanol–water partition coefficient (Wildman–Crippen LogP) is 2.28. The highest BCUT2D eigenvalue weighted by Crippen LogP contribution is 2.19. The van der Waals surface area contributed by atoms with Gasteiger partial charge in [0.25, 0.3) is 0 Å². The summed E-state index contributed by atoms with van der Waals surface area (Å²) in [5.41, 5.74) is 2.23. The molecule has 0 radical (unpaired) electrons. The number of benzene rings is 1. The lowest BCUT2D eigenvalue weighted by atomic mass is 10.2. The lowest BCUT2D eigenvalue weighted by Gasteiger charge is -2.29. The molecule has 0 bridgehead atoms. The van der Waals surface area contributed by atoms with Crippen LogP contribution in [0.2, 0.25) is 0 Å². The van der Waals surface area contributed by atoms with E-state index < -0.39 is 0 Å². The molecule has 5 heteroatoms. The summed E-state index contributed by atoms with van der Waals surface area (Å²) in [6.45, 7) is 7.68. The van der Waals surface area contributed by atoms with Crippen LogP contribution < -0.4 is 10.2 Å². The van der Waals surface area contributed by atoms with E-state index in [-0.39, 0.29) is 12.0 Å². The van der Waals surface area contributed by atoms with Gasteiger partial charge in [0.05, 0.1) is 26.2 Å². The van der Waals surface area contributed by atoms with Crippen molar-refractivity contribution < 1.29 is 14.3 Å². The Morgan fingerprint density at radius 1 is 1.33 bits per heavy atom. The summed E-state index contributed by atoms with van der Waals surface area (Å²) in [5.74, 6) is -0.164. The average molecular weight is 292 g/mol. The van der Waals surface area contributed by atoms with E-state index in [4.69, 9.17) is 9.47 Å². The van der Waals surface area contributed by atoms with Crippen molar-refractivity contribution in [2.45, 2.75) is 26.3 Å². The lowest BCUT2D eigenvalue weighted by molar-refractivity contribution is -0.143. The van der Waals surface area contributed by atoms with Gasteiger partial charge in [-0.25, -0.2) is 0 Å². The molecule has 0 saturated carbocycles. The molecule has 1 N–H and O–H groups in total. The molecular formula is C16H24N2O3. The van der Waals surface area contributed by atoms with Crippen molar-refractivity contribution in [2.24, 2.45) is 0 Å². The van der Waals surface area contributed by atoms with Gasteiger partial charge in [0.15, 0.2) is 0 Å². The largest absolute Gasteiger partial charge is 0.466 e. The van der Waals surface area contributed by atoms with Crippen LogP contribution in [0.4, 0.5) is 11.4 Å². The molecule has 0 aliphatic carbocycles. The minimum Gasteiger partial charge on any atom is -0.466 e. The number of rotatable bonds is 6. The molecule has 0 aromatic heterocycles. The second kappa shape index (κ2) is 7.88. The Hall–Kier alpha value is -1.75. The normalized spacial score (nSPS) is 16.4. The van der Waals surface area contributed by atoms with Crippen LogP contribution in [0.1, 0.15) is 20.3 Å². The number of ether oxygens (including phenoxy) is 2. The van der Waals surface area contributed by atoms with E-state index in [1.54, 1.807) is 0 Å². The quantitative estimate of drug-likeness (QED) is 0.815. The highest BCUT2D eigenvalue weighted by molar-refractivity contribution is 5.70. The molecule has 1 aliphatic rings. The summed E-state index contributed by atoms with van der Waals surface area (Å²) < 4.78 is 10.3. The molecule has 1 aromatic rings. The van der Waals surface area contributed by atoms with Gasteiger partial charge >= 0.3 is 5.97 Å². The monoisotopic (exact) mass is 292 g/mol.